The van der Waals surface area contributed by atoms with Gasteiger partial charge in [0.25, 0.3) is 0 Å². The van der Waals surface area contributed by atoms with Gasteiger partial charge in [-0.3, -0.25) is 0 Å². The van der Waals surface area contributed by atoms with Crippen molar-refractivity contribution in [1.29, 1.82) is 0 Å². The Morgan fingerprint density at radius 1 is 1.50 bits per heavy atom. The molecule has 2 unspecified atom stereocenters. The predicted octanol–water partition coefficient (Wildman–Crippen LogP) is 2.64. The Balaban J connectivity index is 2.06. The van der Waals surface area contributed by atoms with Crippen LogP contribution in [-0.2, 0) is 0 Å². The first-order valence-electron chi connectivity index (χ1n) is 6.43. The van der Waals surface area contributed by atoms with Crippen molar-refractivity contribution in [3.05, 3.63) is 29.6 Å². The number of carbonyl (C=O) groups excluding carboxylic acids is 1. The molecule has 5 nitrogen and oxygen atoms in total. The molecule has 2 N–H and O–H groups in total. The number of nitrogens with zero attached hydrogens (tertiary/aromatic N) is 1. The second-order valence-corrected chi connectivity index (χ2v) is 5.28. The molecule has 2 atom stereocenters. The average Bonchev–Trinajstić information content (AvgIpc) is 3.04. The third-order valence-corrected chi connectivity index (χ3v) is 3.58. The molecule has 1 saturated carbocycles. The van der Waals surface area contributed by atoms with E-state index in [1.165, 1.54) is 4.90 Å². The largest absolute Gasteiger partial charge is 0.478 e. The summed E-state index contributed by atoms with van der Waals surface area (Å²) in [6, 6.07) is 2.76. The molecule has 0 bridgehead atoms. The smallest absolute Gasteiger partial charge is 0.337 e. The maximum atomic E-state index is 13.2. The summed E-state index contributed by atoms with van der Waals surface area (Å²) in [5, 5.41) is 11.5. The van der Waals surface area contributed by atoms with E-state index in [0.29, 0.717) is 18.4 Å². The number of aromatic carboxylic acids is 1. The Kier molecular flexibility index (Phi) is 3.92. The molecule has 1 aliphatic carbocycles. The van der Waals surface area contributed by atoms with Gasteiger partial charge in [0.05, 0.1) is 11.3 Å². The van der Waals surface area contributed by atoms with Crippen molar-refractivity contribution in [1.82, 2.24) is 4.90 Å². The molecule has 2 rings (SSSR count). The molecule has 0 heterocycles. The Morgan fingerprint density at radius 2 is 2.15 bits per heavy atom. The SMILES string of the molecule is CC1CC1CN(C)C(=O)Nc1cc(F)ccc1C(=O)O. The van der Waals surface area contributed by atoms with Gasteiger partial charge in [-0.15, -0.1) is 0 Å². The molecule has 0 saturated heterocycles. The van der Waals surface area contributed by atoms with E-state index in [1.807, 2.05) is 0 Å². The molecule has 0 aromatic heterocycles. The summed E-state index contributed by atoms with van der Waals surface area (Å²) in [6.45, 7) is 2.73. The minimum absolute atomic E-state index is 0.0294. The van der Waals surface area contributed by atoms with Crippen molar-refractivity contribution < 1.29 is 19.1 Å². The van der Waals surface area contributed by atoms with Gasteiger partial charge in [-0.25, -0.2) is 14.0 Å². The zero-order chi connectivity index (χ0) is 14.9. The lowest BCUT2D eigenvalue weighted by Crippen LogP contribution is -2.33. The number of hydrogen-bond donors (Lipinski definition) is 2. The molecule has 1 aromatic rings. The number of amides is 2. The van der Waals surface area contributed by atoms with Crippen LogP contribution in [-0.4, -0.2) is 35.6 Å². The number of nitrogens with one attached hydrogen (secondary N) is 1. The minimum atomic E-state index is -1.21. The molecule has 108 valence electrons. The fourth-order valence-corrected chi connectivity index (χ4v) is 2.11. The summed E-state index contributed by atoms with van der Waals surface area (Å²) in [6.07, 6.45) is 1.10. The predicted molar refractivity (Wildman–Crippen MR) is 72.3 cm³/mol. The molecule has 1 aliphatic rings. The van der Waals surface area contributed by atoms with Gasteiger partial charge in [0, 0.05) is 13.6 Å². The van der Waals surface area contributed by atoms with Crippen molar-refractivity contribution in [2.24, 2.45) is 11.8 Å². The van der Waals surface area contributed by atoms with E-state index in [-0.39, 0.29) is 11.3 Å². The monoisotopic (exact) mass is 280 g/mol. The summed E-state index contributed by atoms with van der Waals surface area (Å²) in [5.41, 5.74) is -0.161. The minimum Gasteiger partial charge on any atom is -0.478 e. The molecule has 20 heavy (non-hydrogen) atoms. The summed E-state index contributed by atoms with van der Waals surface area (Å²) < 4.78 is 13.2. The highest BCUT2D eigenvalue weighted by Crippen LogP contribution is 2.38. The van der Waals surface area contributed by atoms with Crippen LogP contribution in [0, 0.1) is 17.7 Å². The zero-order valence-electron chi connectivity index (χ0n) is 11.4. The van der Waals surface area contributed by atoms with Gasteiger partial charge in [0.1, 0.15) is 5.82 Å². The van der Waals surface area contributed by atoms with Crippen LogP contribution >= 0.6 is 0 Å². The number of halogens is 1. The molecule has 0 radical (unpaired) electrons. The number of anilines is 1. The first-order chi connectivity index (χ1) is 9.38. The first kappa shape index (κ1) is 14.3. The second kappa shape index (κ2) is 5.48. The van der Waals surface area contributed by atoms with E-state index in [4.69, 9.17) is 5.11 Å². The summed E-state index contributed by atoms with van der Waals surface area (Å²) in [7, 11) is 1.64. The normalized spacial score (nSPS) is 20.4. The first-order valence-corrected chi connectivity index (χ1v) is 6.43. The third-order valence-electron chi connectivity index (χ3n) is 3.58. The van der Waals surface area contributed by atoms with Crippen molar-refractivity contribution in [2.45, 2.75) is 13.3 Å². The van der Waals surface area contributed by atoms with E-state index < -0.39 is 17.8 Å². The van der Waals surface area contributed by atoms with Crippen molar-refractivity contribution in [3.63, 3.8) is 0 Å². The molecular weight excluding hydrogens is 263 g/mol. The van der Waals surface area contributed by atoms with Crippen LogP contribution in [0.15, 0.2) is 18.2 Å². The van der Waals surface area contributed by atoms with Crippen molar-refractivity contribution >= 4 is 17.7 Å². The van der Waals surface area contributed by atoms with Gasteiger partial charge >= 0.3 is 12.0 Å². The lowest BCUT2D eigenvalue weighted by atomic mass is 10.2. The number of urea groups is 1. The quantitative estimate of drug-likeness (QED) is 0.890. The number of carbonyl (C=O) groups is 2. The fourth-order valence-electron chi connectivity index (χ4n) is 2.11. The van der Waals surface area contributed by atoms with E-state index in [2.05, 4.69) is 12.2 Å². The maximum absolute atomic E-state index is 13.2. The number of hydrogen-bond acceptors (Lipinski definition) is 2. The Labute approximate surface area is 116 Å². The van der Waals surface area contributed by atoms with Gasteiger partial charge < -0.3 is 15.3 Å². The molecule has 1 aromatic carbocycles. The van der Waals surface area contributed by atoms with Crippen molar-refractivity contribution in [2.75, 3.05) is 18.9 Å². The van der Waals surface area contributed by atoms with Gasteiger partial charge in [-0.1, -0.05) is 6.92 Å². The lowest BCUT2D eigenvalue weighted by Gasteiger charge is -2.18. The van der Waals surface area contributed by atoms with Gasteiger partial charge in [-0.05, 0) is 36.5 Å². The molecule has 0 aliphatic heterocycles. The molecule has 6 heteroatoms. The van der Waals surface area contributed by atoms with Crippen LogP contribution in [0.3, 0.4) is 0 Å². The van der Waals surface area contributed by atoms with Crippen LogP contribution in [0.5, 0.6) is 0 Å². The summed E-state index contributed by atoms with van der Waals surface area (Å²) in [5.74, 6) is -0.686. The Bertz CT molecular complexity index is 547. The van der Waals surface area contributed by atoms with Crippen LogP contribution in [0.1, 0.15) is 23.7 Å². The number of rotatable bonds is 4. The molecule has 1 fully saturated rings. The highest BCUT2D eigenvalue weighted by Gasteiger charge is 2.34. The summed E-state index contributed by atoms with van der Waals surface area (Å²) in [4.78, 5) is 24.5. The van der Waals surface area contributed by atoms with Crippen LogP contribution in [0.25, 0.3) is 0 Å². The zero-order valence-corrected chi connectivity index (χ0v) is 11.4. The van der Waals surface area contributed by atoms with E-state index >= 15 is 0 Å². The topological polar surface area (TPSA) is 69.6 Å². The average molecular weight is 280 g/mol. The fraction of sp³-hybridized carbons (Fsp3) is 0.429. The second-order valence-electron chi connectivity index (χ2n) is 5.28. The van der Waals surface area contributed by atoms with E-state index in [1.54, 1.807) is 7.05 Å². The molecular formula is C14H17FN2O3. The number of carboxylic acids is 1. The van der Waals surface area contributed by atoms with Crippen LogP contribution in [0.4, 0.5) is 14.9 Å². The van der Waals surface area contributed by atoms with E-state index in [0.717, 1.165) is 24.6 Å². The standard InChI is InChI=1S/C14H17FN2O3/c1-8-5-9(8)7-17(2)14(20)16-12-6-10(15)3-4-11(12)13(18)19/h3-4,6,8-9H,5,7H2,1-2H3,(H,16,20)(H,18,19). The van der Waals surface area contributed by atoms with E-state index in [9.17, 15) is 14.0 Å². The highest BCUT2D eigenvalue weighted by molar-refractivity contribution is 5.99. The third kappa shape index (κ3) is 3.26. The number of benzene rings is 1. The summed E-state index contributed by atoms with van der Waals surface area (Å²) >= 11 is 0. The maximum Gasteiger partial charge on any atom is 0.337 e. The molecule has 0 spiro atoms. The van der Waals surface area contributed by atoms with Crippen LogP contribution < -0.4 is 5.32 Å². The highest BCUT2D eigenvalue weighted by atomic mass is 19.1. The Hall–Kier alpha value is -2.11. The molecule has 2 amide bonds. The van der Waals surface area contributed by atoms with Gasteiger partial charge in [-0.2, -0.15) is 0 Å². The number of carboxylic acid groups (broad SMARTS) is 1. The van der Waals surface area contributed by atoms with Gasteiger partial charge in [0.2, 0.25) is 0 Å². The van der Waals surface area contributed by atoms with Gasteiger partial charge in [0.15, 0.2) is 0 Å². The van der Waals surface area contributed by atoms with Crippen molar-refractivity contribution in [3.8, 4) is 0 Å². The lowest BCUT2D eigenvalue weighted by molar-refractivity contribution is 0.0698. The van der Waals surface area contributed by atoms with Crippen LogP contribution in [0.2, 0.25) is 0 Å². The Morgan fingerprint density at radius 3 is 2.70 bits per heavy atom.